The molecule has 11 heteroatoms. The molecule has 3 aromatic carbocycles. The number of halogens is 3. The third-order valence-corrected chi connectivity index (χ3v) is 5.00. The first-order chi connectivity index (χ1) is 17.5. The zero-order chi connectivity index (χ0) is 26.7. The van der Waals surface area contributed by atoms with Crippen LogP contribution in [0.5, 0.6) is 17.2 Å². The van der Waals surface area contributed by atoms with Crippen molar-refractivity contribution in [3.8, 4) is 17.2 Å². The summed E-state index contributed by atoms with van der Waals surface area (Å²) in [5.41, 5.74) is -0.638. The molecular weight excluding hydrogens is 495 g/mol. The summed E-state index contributed by atoms with van der Waals surface area (Å²) in [5, 5.41) is 10.6. The van der Waals surface area contributed by atoms with Crippen molar-refractivity contribution in [2.45, 2.75) is 13.1 Å². The van der Waals surface area contributed by atoms with Gasteiger partial charge in [0.25, 0.3) is 11.4 Å². The van der Waals surface area contributed by atoms with Crippen molar-refractivity contribution in [2.75, 3.05) is 0 Å². The molecule has 0 atom stereocenters. The average molecular weight is 511 g/mol. The number of nitro groups is 1. The van der Waals surface area contributed by atoms with Crippen molar-refractivity contribution in [3.05, 3.63) is 110 Å². The maximum absolute atomic E-state index is 13.7. The number of alkyl halides is 3. The molecule has 0 aliphatic carbocycles. The zero-order valence-electron chi connectivity index (χ0n) is 18.9. The molecule has 4 aromatic rings. The van der Waals surface area contributed by atoms with Gasteiger partial charge in [-0.1, -0.05) is 24.3 Å². The number of aryl methyl sites for hydroxylation is 1. The van der Waals surface area contributed by atoms with E-state index < -0.39 is 39.6 Å². The Hall–Kier alpha value is -4.93. The van der Waals surface area contributed by atoms with E-state index in [1.165, 1.54) is 48.5 Å². The molecule has 0 aliphatic heterocycles. The molecule has 4 rings (SSSR count). The number of esters is 1. The number of non-ortho nitro benzene ring substituents is 1. The maximum Gasteiger partial charge on any atom is 0.453 e. The van der Waals surface area contributed by atoms with E-state index in [0.717, 1.165) is 18.2 Å². The van der Waals surface area contributed by atoms with Crippen LogP contribution in [-0.4, -0.2) is 10.9 Å². The Kier molecular flexibility index (Phi) is 6.79. The van der Waals surface area contributed by atoms with Crippen LogP contribution in [0.25, 0.3) is 17.0 Å². The number of rotatable bonds is 6. The predicted molar refractivity (Wildman–Crippen MR) is 127 cm³/mol. The number of nitro benzene ring substituents is 1. The molecule has 0 unspecified atom stereocenters. The second kappa shape index (κ2) is 9.97. The SMILES string of the molecule is Cc1cccc(Oc2c(C(F)(F)F)oc3cc(OC(=O)C=Cc4cccc([N+](=O)[O-])c4)ccc3c2=O)c1. The molecule has 0 bridgehead atoms. The van der Waals surface area contributed by atoms with Crippen molar-refractivity contribution in [1.82, 2.24) is 0 Å². The van der Waals surface area contributed by atoms with Crippen molar-refractivity contribution < 1.29 is 36.8 Å². The second-order valence-electron chi connectivity index (χ2n) is 7.77. The lowest BCUT2D eigenvalue weighted by molar-refractivity contribution is -0.384. The molecular formula is C26H16F3NO7. The van der Waals surface area contributed by atoms with Crippen LogP contribution in [0.3, 0.4) is 0 Å². The number of ether oxygens (including phenoxy) is 2. The minimum absolute atomic E-state index is 0.0261. The Balaban J connectivity index is 1.64. The standard InChI is InChI=1S/C26H16F3NO7/c1-15-4-2-7-18(12-15)36-24-23(32)20-10-9-19(14-21(20)37-25(24)26(27,28)29)35-22(31)11-8-16-5-3-6-17(13-16)30(33)34/h2-14H,1H3. The van der Waals surface area contributed by atoms with Crippen LogP contribution in [0.15, 0.2) is 82.0 Å². The van der Waals surface area contributed by atoms with Crippen molar-refractivity contribution >= 4 is 28.7 Å². The summed E-state index contributed by atoms with van der Waals surface area (Å²) in [5.74, 6) is -3.73. The van der Waals surface area contributed by atoms with Gasteiger partial charge in [-0.3, -0.25) is 14.9 Å². The number of nitrogens with zero attached hydrogens (tertiary/aromatic N) is 1. The lowest BCUT2D eigenvalue weighted by Gasteiger charge is -2.13. The predicted octanol–water partition coefficient (Wildman–Crippen LogP) is 6.44. The van der Waals surface area contributed by atoms with Gasteiger partial charge >= 0.3 is 12.1 Å². The summed E-state index contributed by atoms with van der Waals surface area (Å²) in [6, 6.07) is 15.0. The molecule has 0 spiro atoms. The van der Waals surface area contributed by atoms with Crippen LogP contribution in [0, 0.1) is 17.0 Å². The minimum atomic E-state index is -5.06. The fourth-order valence-electron chi connectivity index (χ4n) is 3.35. The van der Waals surface area contributed by atoms with Gasteiger partial charge in [-0.25, -0.2) is 4.79 Å². The normalized spacial score (nSPS) is 11.6. The van der Waals surface area contributed by atoms with E-state index in [1.807, 2.05) is 0 Å². The summed E-state index contributed by atoms with van der Waals surface area (Å²) < 4.78 is 56.6. The van der Waals surface area contributed by atoms with E-state index in [0.29, 0.717) is 11.1 Å². The van der Waals surface area contributed by atoms with Crippen LogP contribution in [0.4, 0.5) is 18.9 Å². The molecule has 0 saturated carbocycles. The first-order valence-corrected chi connectivity index (χ1v) is 10.6. The molecule has 1 heterocycles. The number of hydrogen-bond donors (Lipinski definition) is 0. The van der Waals surface area contributed by atoms with Crippen LogP contribution < -0.4 is 14.9 Å². The smallest absolute Gasteiger partial charge is 0.449 e. The van der Waals surface area contributed by atoms with Crippen LogP contribution in [0.1, 0.15) is 16.9 Å². The highest BCUT2D eigenvalue weighted by Gasteiger charge is 2.40. The van der Waals surface area contributed by atoms with Crippen molar-refractivity contribution in [3.63, 3.8) is 0 Å². The maximum atomic E-state index is 13.7. The Morgan fingerprint density at radius 1 is 1.03 bits per heavy atom. The molecule has 8 nitrogen and oxygen atoms in total. The minimum Gasteiger partial charge on any atom is -0.449 e. The summed E-state index contributed by atoms with van der Waals surface area (Å²) in [6.07, 6.45) is -2.80. The van der Waals surface area contributed by atoms with Gasteiger partial charge in [-0.05, 0) is 48.4 Å². The highest BCUT2D eigenvalue weighted by Crippen LogP contribution is 2.38. The van der Waals surface area contributed by atoms with Gasteiger partial charge in [-0.2, -0.15) is 13.2 Å². The van der Waals surface area contributed by atoms with Gasteiger partial charge in [0.15, 0.2) is 0 Å². The van der Waals surface area contributed by atoms with Gasteiger partial charge in [0.1, 0.15) is 17.1 Å². The molecule has 0 aliphatic rings. The lowest BCUT2D eigenvalue weighted by atomic mass is 10.2. The molecule has 0 saturated heterocycles. The van der Waals surface area contributed by atoms with E-state index in [1.54, 1.807) is 19.1 Å². The summed E-state index contributed by atoms with van der Waals surface area (Å²) >= 11 is 0. The monoisotopic (exact) mass is 511 g/mol. The molecule has 37 heavy (non-hydrogen) atoms. The summed E-state index contributed by atoms with van der Waals surface area (Å²) in [7, 11) is 0. The highest BCUT2D eigenvalue weighted by atomic mass is 19.4. The molecule has 0 radical (unpaired) electrons. The number of carbonyl (C=O) groups is 1. The van der Waals surface area contributed by atoms with Crippen LogP contribution >= 0.6 is 0 Å². The Morgan fingerprint density at radius 3 is 2.49 bits per heavy atom. The zero-order valence-corrected chi connectivity index (χ0v) is 18.9. The largest absolute Gasteiger partial charge is 0.453 e. The van der Waals surface area contributed by atoms with Gasteiger partial charge in [0.2, 0.25) is 11.2 Å². The molecule has 0 N–H and O–H groups in total. The third-order valence-electron chi connectivity index (χ3n) is 5.00. The third kappa shape index (κ3) is 5.84. The van der Waals surface area contributed by atoms with Gasteiger partial charge in [0.05, 0.1) is 10.3 Å². The van der Waals surface area contributed by atoms with E-state index >= 15 is 0 Å². The Labute approximate surface area is 206 Å². The lowest BCUT2D eigenvalue weighted by Crippen LogP contribution is -2.15. The van der Waals surface area contributed by atoms with Crippen LogP contribution in [0.2, 0.25) is 0 Å². The van der Waals surface area contributed by atoms with Gasteiger partial charge < -0.3 is 13.9 Å². The Bertz CT molecular complexity index is 1610. The summed E-state index contributed by atoms with van der Waals surface area (Å²) in [4.78, 5) is 35.3. The van der Waals surface area contributed by atoms with Crippen LogP contribution in [-0.2, 0) is 11.0 Å². The number of hydrogen-bond acceptors (Lipinski definition) is 7. The number of carbonyl (C=O) groups excluding carboxylic acids is 1. The second-order valence-corrected chi connectivity index (χ2v) is 7.77. The van der Waals surface area contributed by atoms with E-state index in [4.69, 9.17) is 13.9 Å². The number of benzene rings is 3. The topological polar surface area (TPSA) is 109 Å². The van der Waals surface area contributed by atoms with E-state index in [2.05, 4.69) is 0 Å². The van der Waals surface area contributed by atoms with E-state index in [9.17, 15) is 32.9 Å². The molecule has 1 aromatic heterocycles. The summed E-state index contributed by atoms with van der Waals surface area (Å²) in [6.45, 7) is 1.71. The Morgan fingerprint density at radius 2 is 1.78 bits per heavy atom. The first-order valence-electron chi connectivity index (χ1n) is 10.6. The average Bonchev–Trinajstić information content (AvgIpc) is 2.84. The fraction of sp³-hybridized carbons (Fsp3) is 0.0769. The van der Waals surface area contributed by atoms with E-state index in [-0.39, 0.29) is 22.6 Å². The van der Waals surface area contributed by atoms with Crippen molar-refractivity contribution in [1.29, 1.82) is 0 Å². The molecule has 0 amide bonds. The highest BCUT2D eigenvalue weighted by molar-refractivity contribution is 5.89. The molecule has 0 fully saturated rings. The van der Waals surface area contributed by atoms with Gasteiger partial charge in [-0.15, -0.1) is 0 Å². The van der Waals surface area contributed by atoms with Gasteiger partial charge in [0, 0.05) is 24.3 Å². The fourth-order valence-corrected chi connectivity index (χ4v) is 3.35. The van der Waals surface area contributed by atoms with Crippen molar-refractivity contribution in [2.24, 2.45) is 0 Å². The number of fused-ring (bicyclic) bond motifs is 1. The molecule has 188 valence electrons. The quantitative estimate of drug-likeness (QED) is 0.0963. The first kappa shape index (κ1) is 25.2.